The molecule has 0 aromatic heterocycles. The van der Waals surface area contributed by atoms with E-state index in [1.807, 2.05) is 0 Å². The van der Waals surface area contributed by atoms with Crippen LogP contribution in [-0.2, 0) is 4.74 Å². The van der Waals surface area contributed by atoms with E-state index in [2.05, 4.69) is 38.2 Å². The van der Waals surface area contributed by atoms with Crippen LogP contribution in [0.4, 0.5) is 0 Å². The molecule has 0 fully saturated rings. The number of unbranched alkanes of at least 4 members (excludes halogenated alkanes) is 2. The van der Waals surface area contributed by atoms with Crippen molar-refractivity contribution in [2.24, 2.45) is 0 Å². The Hall–Kier alpha value is -0.340. The fraction of sp³-hybridized carbons (Fsp3) is 0.833. The first-order valence-electron chi connectivity index (χ1n) is 5.74. The second-order valence-electron chi connectivity index (χ2n) is 3.70. The van der Waals surface area contributed by atoms with Gasteiger partial charge in [-0.1, -0.05) is 19.1 Å². The van der Waals surface area contributed by atoms with Gasteiger partial charge in [0.25, 0.3) is 0 Å². The maximum Gasteiger partial charge on any atom is 0.0650 e. The molecule has 0 heterocycles. The van der Waals surface area contributed by atoms with Crippen molar-refractivity contribution < 1.29 is 4.74 Å². The fourth-order valence-corrected chi connectivity index (χ4v) is 1.12. The van der Waals surface area contributed by atoms with E-state index in [1.54, 1.807) is 0 Å². The smallest absolute Gasteiger partial charge is 0.0650 e. The molecule has 14 heavy (non-hydrogen) atoms. The predicted molar refractivity (Wildman–Crippen MR) is 62.6 cm³/mol. The molecule has 0 aliphatic heterocycles. The number of allylic oxidation sites excluding steroid dienone is 1. The van der Waals surface area contributed by atoms with Crippen LogP contribution in [0.5, 0.6) is 0 Å². The Balaban J connectivity index is 3.03. The molecule has 1 N–H and O–H groups in total. The first-order valence-corrected chi connectivity index (χ1v) is 5.74. The van der Waals surface area contributed by atoms with Gasteiger partial charge >= 0.3 is 0 Å². The van der Waals surface area contributed by atoms with Crippen molar-refractivity contribution in [3.63, 3.8) is 0 Å². The molecule has 0 aliphatic carbocycles. The zero-order valence-electron chi connectivity index (χ0n) is 9.88. The van der Waals surface area contributed by atoms with Gasteiger partial charge in [0.15, 0.2) is 0 Å². The normalized spacial score (nSPS) is 11.7. The topological polar surface area (TPSA) is 21.3 Å². The highest BCUT2D eigenvalue weighted by molar-refractivity contribution is 4.81. The fourth-order valence-electron chi connectivity index (χ4n) is 1.12. The quantitative estimate of drug-likeness (QED) is 0.455. The van der Waals surface area contributed by atoms with Gasteiger partial charge in [-0.05, 0) is 46.2 Å². The molecule has 0 saturated heterocycles. The summed E-state index contributed by atoms with van der Waals surface area (Å²) >= 11 is 0. The Morgan fingerprint density at radius 3 is 2.64 bits per heavy atom. The van der Waals surface area contributed by atoms with Crippen molar-refractivity contribution in [1.29, 1.82) is 0 Å². The molecule has 0 atom stereocenters. The molecule has 0 rings (SSSR count). The maximum atomic E-state index is 5.39. The second-order valence-corrected chi connectivity index (χ2v) is 3.70. The molecule has 0 unspecified atom stereocenters. The molecule has 0 amide bonds. The molecule has 0 aliphatic rings. The largest absolute Gasteiger partial charge is 0.375 e. The molecule has 0 bridgehead atoms. The van der Waals surface area contributed by atoms with Crippen molar-refractivity contribution in [3.8, 4) is 0 Å². The van der Waals surface area contributed by atoms with Crippen molar-refractivity contribution in [3.05, 3.63) is 12.2 Å². The lowest BCUT2D eigenvalue weighted by atomic mass is 10.2. The van der Waals surface area contributed by atoms with Crippen molar-refractivity contribution in [1.82, 2.24) is 5.32 Å². The Bertz CT molecular complexity index is 132. The zero-order chi connectivity index (χ0) is 10.6. The summed E-state index contributed by atoms with van der Waals surface area (Å²) in [5, 5.41) is 3.32. The summed E-state index contributed by atoms with van der Waals surface area (Å²) in [6.45, 7) is 9.24. The van der Waals surface area contributed by atoms with Gasteiger partial charge < -0.3 is 10.1 Å². The Labute approximate surface area is 88.7 Å². The average molecular weight is 199 g/mol. The summed E-state index contributed by atoms with van der Waals surface area (Å²) < 4.78 is 5.39. The van der Waals surface area contributed by atoms with Gasteiger partial charge in [-0.3, -0.25) is 0 Å². The SMILES string of the molecule is CCNCCCC/C=C/COC(C)C. The Morgan fingerprint density at radius 2 is 2.00 bits per heavy atom. The van der Waals surface area contributed by atoms with E-state index in [-0.39, 0.29) is 0 Å². The molecule has 0 aromatic carbocycles. The average Bonchev–Trinajstić information content (AvgIpc) is 2.15. The van der Waals surface area contributed by atoms with E-state index in [0.717, 1.165) is 19.7 Å². The van der Waals surface area contributed by atoms with Gasteiger partial charge in [-0.25, -0.2) is 0 Å². The van der Waals surface area contributed by atoms with Crippen LogP contribution in [0, 0.1) is 0 Å². The van der Waals surface area contributed by atoms with Gasteiger partial charge in [0.2, 0.25) is 0 Å². The van der Waals surface area contributed by atoms with E-state index in [4.69, 9.17) is 4.74 Å². The van der Waals surface area contributed by atoms with Gasteiger partial charge in [0.05, 0.1) is 12.7 Å². The zero-order valence-corrected chi connectivity index (χ0v) is 9.88. The molecule has 0 spiro atoms. The summed E-state index contributed by atoms with van der Waals surface area (Å²) in [6, 6.07) is 0. The van der Waals surface area contributed by atoms with E-state index < -0.39 is 0 Å². The van der Waals surface area contributed by atoms with Gasteiger partial charge in [0.1, 0.15) is 0 Å². The number of rotatable bonds is 9. The molecule has 0 aromatic rings. The lowest BCUT2D eigenvalue weighted by Gasteiger charge is -2.02. The lowest BCUT2D eigenvalue weighted by molar-refractivity contribution is 0.102. The lowest BCUT2D eigenvalue weighted by Crippen LogP contribution is -2.13. The van der Waals surface area contributed by atoms with Crippen LogP contribution >= 0.6 is 0 Å². The van der Waals surface area contributed by atoms with Crippen molar-refractivity contribution in [2.45, 2.75) is 46.1 Å². The van der Waals surface area contributed by atoms with Crippen LogP contribution in [-0.4, -0.2) is 25.8 Å². The summed E-state index contributed by atoms with van der Waals surface area (Å²) in [5.74, 6) is 0. The minimum atomic E-state index is 0.341. The van der Waals surface area contributed by atoms with Crippen LogP contribution in [0.2, 0.25) is 0 Å². The van der Waals surface area contributed by atoms with Crippen molar-refractivity contribution >= 4 is 0 Å². The molecule has 84 valence electrons. The highest BCUT2D eigenvalue weighted by Gasteiger charge is 1.88. The van der Waals surface area contributed by atoms with E-state index in [1.165, 1.54) is 19.3 Å². The third-order valence-electron chi connectivity index (χ3n) is 1.92. The first kappa shape index (κ1) is 13.7. The molecular weight excluding hydrogens is 174 g/mol. The molecule has 2 heteroatoms. The first-order chi connectivity index (χ1) is 6.77. The molecule has 2 nitrogen and oxygen atoms in total. The van der Waals surface area contributed by atoms with E-state index in [9.17, 15) is 0 Å². The third kappa shape index (κ3) is 11.7. The minimum Gasteiger partial charge on any atom is -0.375 e. The molecular formula is C12H25NO. The van der Waals surface area contributed by atoms with Crippen LogP contribution in [0.15, 0.2) is 12.2 Å². The Morgan fingerprint density at radius 1 is 1.21 bits per heavy atom. The van der Waals surface area contributed by atoms with Gasteiger partial charge in [0, 0.05) is 0 Å². The summed E-state index contributed by atoms with van der Waals surface area (Å²) in [7, 11) is 0. The molecule has 0 radical (unpaired) electrons. The summed E-state index contributed by atoms with van der Waals surface area (Å²) in [6.07, 6.45) is 8.39. The number of hydrogen-bond acceptors (Lipinski definition) is 2. The summed E-state index contributed by atoms with van der Waals surface area (Å²) in [5.41, 5.74) is 0. The monoisotopic (exact) mass is 199 g/mol. The van der Waals surface area contributed by atoms with Gasteiger partial charge in [-0.2, -0.15) is 0 Å². The number of ether oxygens (including phenoxy) is 1. The van der Waals surface area contributed by atoms with Crippen LogP contribution in [0.3, 0.4) is 0 Å². The summed E-state index contributed by atoms with van der Waals surface area (Å²) in [4.78, 5) is 0. The Kier molecular flexibility index (Phi) is 10.5. The van der Waals surface area contributed by atoms with Crippen LogP contribution in [0.1, 0.15) is 40.0 Å². The highest BCUT2D eigenvalue weighted by atomic mass is 16.5. The predicted octanol–water partition coefficient (Wildman–Crippen LogP) is 2.75. The van der Waals surface area contributed by atoms with Crippen LogP contribution in [0.25, 0.3) is 0 Å². The van der Waals surface area contributed by atoms with E-state index in [0.29, 0.717) is 6.10 Å². The minimum absolute atomic E-state index is 0.341. The standard InChI is InChI=1S/C12H25NO/c1-4-13-10-8-6-5-7-9-11-14-12(2)3/h7,9,12-13H,4-6,8,10-11H2,1-3H3/b9-7+. The van der Waals surface area contributed by atoms with Crippen LogP contribution < -0.4 is 5.32 Å². The number of hydrogen-bond donors (Lipinski definition) is 1. The van der Waals surface area contributed by atoms with Gasteiger partial charge in [-0.15, -0.1) is 0 Å². The van der Waals surface area contributed by atoms with Crippen molar-refractivity contribution in [2.75, 3.05) is 19.7 Å². The number of nitrogens with one attached hydrogen (secondary N) is 1. The second kappa shape index (κ2) is 10.7. The molecule has 0 saturated carbocycles. The van der Waals surface area contributed by atoms with E-state index >= 15 is 0 Å². The third-order valence-corrected chi connectivity index (χ3v) is 1.92. The highest BCUT2D eigenvalue weighted by Crippen LogP contribution is 1.96. The maximum absolute atomic E-state index is 5.39.